The fourth-order valence-corrected chi connectivity index (χ4v) is 2.68. The van der Waals surface area contributed by atoms with Crippen molar-refractivity contribution in [3.8, 4) is 0 Å². The first kappa shape index (κ1) is 24.4. The van der Waals surface area contributed by atoms with E-state index in [1.165, 1.54) is 6.33 Å². The van der Waals surface area contributed by atoms with Crippen molar-refractivity contribution >= 4 is 36.3 Å². The first-order valence-corrected chi connectivity index (χ1v) is 9.76. The Hall–Kier alpha value is -2.60. The number of nitrogens with one attached hydrogen (secondary N) is 4. The maximum Gasteiger partial charge on any atom is 0.322 e. The smallest absolute Gasteiger partial charge is 0.322 e. The van der Waals surface area contributed by atoms with Crippen molar-refractivity contribution in [3.05, 3.63) is 18.2 Å². The van der Waals surface area contributed by atoms with Gasteiger partial charge in [-0.1, -0.05) is 20.3 Å². The highest BCUT2D eigenvalue weighted by atomic mass is 32.1. The normalized spacial score (nSPS) is 14.9. The first-order chi connectivity index (χ1) is 13.7. The van der Waals surface area contributed by atoms with Gasteiger partial charge in [0.25, 0.3) is 0 Å². The number of H-pyrrole nitrogens is 1. The van der Waals surface area contributed by atoms with Crippen LogP contribution in [-0.4, -0.2) is 69.2 Å². The molecule has 0 aromatic carbocycles. The van der Waals surface area contributed by atoms with Crippen molar-refractivity contribution in [1.82, 2.24) is 25.9 Å². The van der Waals surface area contributed by atoms with Gasteiger partial charge in [-0.05, 0) is 5.92 Å². The van der Waals surface area contributed by atoms with E-state index < -0.39 is 48.4 Å². The van der Waals surface area contributed by atoms with Gasteiger partial charge in [-0.2, -0.15) is 12.6 Å². The lowest BCUT2D eigenvalue weighted by atomic mass is 9.98. The number of aliphatic carboxylic acids is 1. The van der Waals surface area contributed by atoms with E-state index in [0.29, 0.717) is 12.1 Å². The highest BCUT2D eigenvalue weighted by Crippen LogP contribution is 2.09. The van der Waals surface area contributed by atoms with Crippen molar-refractivity contribution in [2.24, 2.45) is 11.7 Å². The zero-order valence-corrected chi connectivity index (χ0v) is 17.2. The summed E-state index contributed by atoms with van der Waals surface area (Å²) in [7, 11) is 0. The quantitative estimate of drug-likeness (QED) is 0.196. The van der Waals surface area contributed by atoms with Crippen LogP contribution in [0, 0.1) is 5.92 Å². The minimum absolute atomic E-state index is 0.0156. The molecule has 162 valence electrons. The first-order valence-electron chi connectivity index (χ1n) is 9.13. The van der Waals surface area contributed by atoms with Crippen LogP contribution in [0.15, 0.2) is 12.5 Å². The van der Waals surface area contributed by atoms with Crippen LogP contribution >= 0.6 is 12.6 Å². The monoisotopic (exact) mass is 428 g/mol. The topological polar surface area (TPSA) is 179 Å². The number of carbonyl (C=O) groups is 4. The summed E-state index contributed by atoms with van der Waals surface area (Å²) >= 11 is 4.09. The van der Waals surface area contributed by atoms with E-state index in [9.17, 15) is 19.2 Å². The summed E-state index contributed by atoms with van der Waals surface area (Å²) in [6, 6.07) is -2.88. The molecule has 7 N–H and O–H groups in total. The molecule has 1 aromatic rings. The number of nitrogens with two attached hydrogens (primary N) is 1. The van der Waals surface area contributed by atoms with Gasteiger partial charge < -0.3 is 31.8 Å². The third-order valence-corrected chi connectivity index (χ3v) is 4.72. The summed E-state index contributed by atoms with van der Waals surface area (Å²) in [5.74, 6) is -3.25. The second-order valence-corrected chi connectivity index (χ2v) is 6.98. The van der Waals surface area contributed by atoms with Crippen LogP contribution in [0.2, 0.25) is 0 Å². The maximum absolute atomic E-state index is 12.6. The van der Waals surface area contributed by atoms with Crippen LogP contribution < -0.4 is 21.7 Å². The molecule has 11 nitrogen and oxygen atoms in total. The number of nitrogens with zero attached hydrogens (tertiary/aromatic N) is 1. The van der Waals surface area contributed by atoms with Crippen LogP contribution in [0.1, 0.15) is 26.0 Å². The number of aromatic nitrogens is 2. The van der Waals surface area contributed by atoms with Crippen LogP contribution in [0.5, 0.6) is 0 Å². The third-order valence-electron chi connectivity index (χ3n) is 4.35. The number of amides is 3. The molecule has 0 aliphatic carbocycles. The van der Waals surface area contributed by atoms with Gasteiger partial charge in [0, 0.05) is 24.1 Å². The van der Waals surface area contributed by atoms with Gasteiger partial charge in [-0.25, -0.2) is 4.98 Å². The fraction of sp³-hybridized carbons (Fsp3) is 0.588. The summed E-state index contributed by atoms with van der Waals surface area (Å²) in [4.78, 5) is 54.5. The maximum atomic E-state index is 12.6. The van der Waals surface area contributed by atoms with Gasteiger partial charge in [0.05, 0.1) is 12.4 Å². The molecule has 12 heteroatoms. The molecule has 1 heterocycles. The lowest BCUT2D eigenvalue weighted by molar-refractivity contribution is -0.139. The lowest BCUT2D eigenvalue weighted by Crippen LogP contribution is -2.58. The van der Waals surface area contributed by atoms with E-state index in [-0.39, 0.29) is 18.1 Å². The molecule has 4 unspecified atom stereocenters. The Morgan fingerprint density at radius 2 is 1.93 bits per heavy atom. The van der Waals surface area contributed by atoms with Crippen LogP contribution in [0.3, 0.4) is 0 Å². The summed E-state index contributed by atoms with van der Waals surface area (Å²) in [6.45, 7) is 3.03. The van der Waals surface area contributed by atoms with E-state index in [2.05, 4.69) is 38.5 Å². The SMILES string of the molecule is CCC(C)C(NC(=O)C(CS)NC(=O)C(N)Cc1cnc[nH]1)C(=O)NCC(=O)O. The number of rotatable bonds is 12. The fourth-order valence-electron chi connectivity index (χ4n) is 2.43. The van der Waals surface area contributed by atoms with E-state index >= 15 is 0 Å². The van der Waals surface area contributed by atoms with Crippen molar-refractivity contribution in [1.29, 1.82) is 0 Å². The Morgan fingerprint density at radius 1 is 1.24 bits per heavy atom. The number of thiol groups is 1. The number of hydrogen-bond acceptors (Lipinski definition) is 7. The number of aromatic amines is 1. The summed E-state index contributed by atoms with van der Waals surface area (Å²) in [5.41, 5.74) is 6.54. The summed E-state index contributed by atoms with van der Waals surface area (Å²) in [5, 5.41) is 16.1. The molecule has 1 rings (SSSR count). The molecule has 0 aliphatic heterocycles. The summed E-state index contributed by atoms with van der Waals surface area (Å²) < 4.78 is 0. The molecule has 0 bridgehead atoms. The minimum atomic E-state index is -1.20. The lowest BCUT2D eigenvalue weighted by Gasteiger charge is -2.26. The Labute approximate surface area is 174 Å². The number of imidazole rings is 1. The molecule has 4 atom stereocenters. The number of hydrogen-bond donors (Lipinski definition) is 7. The molecule has 0 saturated heterocycles. The second-order valence-electron chi connectivity index (χ2n) is 6.61. The molecule has 3 amide bonds. The van der Waals surface area contributed by atoms with Crippen molar-refractivity contribution in [3.63, 3.8) is 0 Å². The average Bonchev–Trinajstić information content (AvgIpc) is 3.20. The van der Waals surface area contributed by atoms with E-state index in [1.54, 1.807) is 13.1 Å². The molecule has 1 aromatic heterocycles. The van der Waals surface area contributed by atoms with Gasteiger partial charge in [-0.15, -0.1) is 0 Å². The molecule has 0 saturated carbocycles. The van der Waals surface area contributed by atoms with Gasteiger partial charge in [0.1, 0.15) is 18.6 Å². The molecular formula is C17H28N6O5S. The number of carboxylic acid groups (broad SMARTS) is 1. The Bertz CT molecular complexity index is 698. The average molecular weight is 429 g/mol. The van der Waals surface area contributed by atoms with E-state index in [1.807, 2.05) is 6.92 Å². The highest BCUT2D eigenvalue weighted by molar-refractivity contribution is 7.80. The second kappa shape index (κ2) is 12.1. The van der Waals surface area contributed by atoms with Crippen LogP contribution in [0.25, 0.3) is 0 Å². The number of carbonyl (C=O) groups excluding carboxylic acids is 3. The molecular weight excluding hydrogens is 400 g/mol. The van der Waals surface area contributed by atoms with Gasteiger partial charge >= 0.3 is 5.97 Å². The predicted molar refractivity (Wildman–Crippen MR) is 108 cm³/mol. The Morgan fingerprint density at radius 3 is 2.45 bits per heavy atom. The van der Waals surface area contributed by atoms with E-state index in [0.717, 1.165) is 0 Å². The number of carboxylic acids is 1. The molecule has 29 heavy (non-hydrogen) atoms. The third kappa shape index (κ3) is 8.11. The van der Waals surface area contributed by atoms with Gasteiger partial charge in [-0.3, -0.25) is 19.2 Å². The Balaban J connectivity index is 2.72. The van der Waals surface area contributed by atoms with Gasteiger partial charge in [0.2, 0.25) is 17.7 Å². The zero-order valence-electron chi connectivity index (χ0n) is 16.3. The minimum Gasteiger partial charge on any atom is -0.480 e. The van der Waals surface area contributed by atoms with Gasteiger partial charge in [0.15, 0.2) is 0 Å². The van der Waals surface area contributed by atoms with Crippen LogP contribution in [0.4, 0.5) is 0 Å². The standard InChI is InChI=1S/C17H28N6O5S/c1-3-9(2)14(17(28)20-6-13(24)25)23-16(27)12(7-29)22-15(26)11(18)4-10-5-19-8-21-10/h5,8-9,11-12,14,29H,3-4,6-7,18H2,1-2H3,(H,19,21)(H,20,28)(H,22,26)(H,23,27)(H,24,25). The van der Waals surface area contributed by atoms with E-state index in [4.69, 9.17) is 10.8 Å². The molecule has 0 aliphatic rings. The molecule has 0 spiro atoms. The molecule has 0 radical (unpaired) electrons. The van der Waals surface area contributed by atoms with Crippen molar-refractivity contribution in [2.75, 3.05) is 12.3 Å². The zero-order chi connectivity index (χ0) is 22.0. The van der Waals surface area contributed by atoms with Crippen LogP contribution in [-0.2, 0) is 25.6 Å². The Kier molecular flexibility index (Phi) is 10.2. The van der Waals surface area contributed by atoms with Crippen molar-refractivity contribution < 1.29 is 24.3 Å². The van der Waals surface area contributed by atoms with Crippen molar-refractivity contribution in [2.45, 2.75) is 44.8 Å². The molecule has 0 fully saturated rings. The predicted octanol–water partition coefficient (Wildman–Crippen LogP) is -1.57. The largest absolute Gasteiger partial charge is 0.480 e. The highest BCUT2D eigenvalue weighted by Gasteiger charge is 2.30. The summed E-state index contributed by atoms with van der Waals surface area (Å²) in [6.07, 6.45) is 3.79.